The first-order chi connectivity index (χ1) is 10.9. The Bertz CT molecular complexity index is 750. The molecule has 9 heteroatoms. The maximum absolute atomic E-state index is 12.2. The normalized spacial score (nSPS) is 21.1. The largest absolute Gasteiger partial charge is 0.361 e. The molecule has 2 aromatic rings. The van der Waals surface area contributed by atoms with Crippen molar-refractivity contribution in [1.82, 2.24) is 25.6 Å². The lowest BCUT2D eigenvalue weighted by atomic mass is 10.2. The van der Waals surface area contributed by atoms with Gasteiger partial charge in [-0.05, 0) is 20.8 Å². The van der Waals surface area contributed by atoms with Crippen LogP contribution in [0, 0.1) is 13.8 Å². The number of amides is 2. The van der Waals surface area contributed by atoms with Crippen molar-refractivity contribution >= 4 is 17.6 Å². The Kier molecular flexibility index (Phi) is 3.87. The molecule has 1 saturated heterocycles. The zero-order valence-electron chi connectivity index (χ0n) is 13.1. The fraction of sp³-hybridized carbons (Fsp3) is 0.429. The number of aryl methyl sites for hydroxylation is 2. The van der Waals surface area contributed by atoms with Gasteiger partial charge in [0.05, 0.1) is 5.69 Å². The second-order valence-electron chi connectivity index (χ2n) is 5.63. The summed E-state index contributed by atoms with van der Waals surface area (Å²) in [5.41, 5.74) is 0.896. The van der Waals surface area contributed by atoms with Crippen molar-refractivity contribution < 1.29 is 14.1 Å². The maximum Gasteiger partial charge on any atom is 0.278 e. The van der Waals surface area contributed by atoms with Crippen molar-refractivity contribution in [3.63, 3.8) is 0 Å². The second-order valence-corrected chi connectivity index (χ2v) is 5.63. The van der Waals surface area contributed by atoms with Crippen LogP contribution < -0.4 is 16.0 Å². The molecule has 3 rings (SSSR count). The van der Waals surface area contributed by atoms with Gasteiger partial charge in [-0.1, -0.05) is 5.16 Å². The van der Waals surface area contributed by atoms with Crippen LogP contribution in [0.2, 0.25) is 0 Å². The Hall–Kier alpha value is -2.68. The number of aromatic nitrogens is 3. The van der Waals surface area contributed by atoms with Crippen molar-refractivity contribution in [2.75, 3.05) is 5.32 Å². The lowest BCUT2D eigenvalue weighted by Crippen LogP contribution is -2.52. The molecular weight excluding hydrogens is 300 g/mol. The predicted molar refractivity (Wildman–Crippen MR) is 80.6 cm³/mol. The van der Waals surface area contributed by atoms with Crippen LogP contribution in [0.15, 0.2) is 16.7 Å². The predicted octanol–water partition coefficient (Wildman–Crippen LogP) is 0.694. The first-order valence-corrected chi connectivity index (χ1v) is 7.28. The van der Waals surface area contributed by atoms with E-state index in [0.29, 0.717) is 23.7 Å². The topological polar surface area (TPSA) is 114 Å². The smallest absolute Gasteiger partial charge is 0.278 e. The van der Waals surface area contributed by atoms with Crippen LogP contribution in [0.25, 0.3) is 0 Å². The van der Waals surface area contributed by atoms with Crippen molar-refractivity contribution in [2.45, 2.75) is 39.5 Å². The van der Waals surface area contributed by atoms with Gasteiger partial charge in [0.1, 0.15) is 11.6 Å². The number of rotatable bonds is 3. The average molecular weight is 318 g/mol. The van der Waals surface area contributed by atoms with Gasteiger partial charge in [-0.3, -0.25) is 14.9 Å². The van der Waals surface area contributed by atoms with Gasteiger partial charge >= 0.3 is 0 Å². The number of hydrogen-bond acceptors (Lipinski definition) is 6. The molecule has 1 fully saturated rings. The van der Waals surface area contributed by atoms with Crippen LogP contribution in [0.3, 0.4) is 0 Å². The zero-order chi connectivity index (χ0) is 16.6. The molecule has 1 aliphatic rings. The van der Waals surface area contributed by atoms with E-state index in [9.17, 15) is 9.59 Å². The minimum Gasteiger partial charge on any atom is -0.361 e. The molecule has 2 aromatic heterocycles. The van der Waals surface area contributed by atoms with E-state index in [0.717, 1.165) is 0 Å². The Morgan fingerprint density at radius 3 is 2.87 bits per heavy atom. The Balaban J connectivity index is 1.83. The molecule has 2 atom stereocenters. The third-order valence-corrected chi connectivity index (χ3v) is 3.44. The molecular formula is C14H18N6O3. The van der Waals surface area contributed by atoms with E-state index in [-0.39, 0.29) is 17.6 Å². The molecule has 2 unspecified atom stereocenters. The van der Waals surface area contributed by atoms with Gasteiger partial charge in [0.2, 0.25) is 5.91 Å². The average Bonchev–Trinajstić information content (AvgIpc) is 3.04. The molecule has 1 aliphatic heterocycles. The summed E-state index contributed by atoms with van der Waals surface area (Å²) >= 11 is 0. The number of nitrogens with zero attached hydrogens (tertiary/aromatic N) is 3. The molecule has 0 bridgehead atoms. The van der Waals surface area contributed by atoms with Crippen LogP contribution in [-0.4, -0.2) is 32.8 Å². The lowest BCUT2D eigenvalue weighted by molar-refractivity contribution is -0.125. The Morgan fingerprint density at radius 1 is 1.43 bits per heavy atom. The molecule has 3 heterocycles. The number of carbonyl (C=O) groups excluding carboxylic acids is 2. The lowest BCUT2D eigenvalue weighted by Gasteiger charge is -2.30. The molecule has 3 N–H and O–H groups in total. The highest BCUT2D eigenvalue weighted by Gasteiger charge is 2.27. The first kappa shape index (κ1) is 15.2. The quantitative estimate of drug-likeness (QED) is 0.767. The summed E-state index contributed by atoms with van der Waals surface area (Å²) in [6.07, 6.45) is -0.120. The van der Waals surface area contributed by atoms with Crippen LogP contribution in [0.4, 0.5) is 5.82 Å². The van der Waals surface area contributed by atoms with Crippen LogP contribution in [-0.2, 0) is 4.79 Å². The molecule has 9 nitrogen and oxygen atoms in total. The number of hydrogen-bond donors (Lipinski definition) is 3. The fourth-order valence-corrected chi connectivity index (χ4v) is 2.45. The standard InChI is InChI=1S/C14H18N6O3/c1-7-5-12(21)17-14(15-7)20-11(4-8(2)18-20)16-13(22)10-6-9(3)23-19-10/h4,6-7,14-15H,5H2,1-3H3,(H,16,22)(H,17,21). The number of anilines is 1. The third-order valence-electron chi connectivity index (χ3n) is 3.44. The molecule has 0 aromatic carbocycles. The molecule has 0 spiro atoms. The van der Waals surface area contributed by atoms with Gasteiger partial charge in [0, 0.05) is 24.6 Å². The molecule has 0 saturated carbocycles. The van der Waals surface area contributed by atoms with Crippen LogP contribution in [0.1, 0.15) is 41.6 Å². The van der Waals surface area contributed by atoms with E-state index >= 15 is 0 Å². The van der Waals surface area contributed by atoms with Crippen LogP contribution in [0.5, 0.6) is 0 Å². The minimum atomic E-state index is -0.519. The van der Waals surface area contributed by atoms with E-state index in [2.05, 4.69) is 26.2 Å². The van der Waals surface area contributed by atoms with E-state index in [4.69, 9.17) is 4.52 Å². The van der Waals surface area contributed by atoms with Gasteiger partial charge in [0.25, 0.3) is 5.91 Å². The van der Waals surface area contributed by atoms with Gasteiger partial charge < -0.3 is 15.2 Å². The van der Waals surface area contributed by atoms with Crippen molar-refractivity contribution in [3.05, 3.63) is 29.3 Å². The molecule has 0 aliphatic carbocycles. The van der Waals surface area contributed by atoms with Gasteiger partial charge in [-0.15, -0.1) is 0 Å². The van der Waals surface area contributed by atoms with Gasteiger partial charge in [-0.25, -0.2) is 4.68 Å². The summed E-state index contributed by atoms with van der Waals surface area (Å²) in [6, 6.07) is 3.28. The van der Waals surface area contributed by atoms with Gasteiger partial charge in [0.15, 0.2) is 12.0 Å². The summed E-state index contributed by atoms with van der Waals surface area (Å²) in [4.78, 5) is 23.9. The second kappa shape index (κ2) is 5.84. The Morgan fingerprint density at radius 2 is 2.22 bits per heavy atom. The highest BCUT2D eigenvalue weighted by atomic mass is 16.5. The molecule has 2 amide bonds. The number of carbonyl (C=O) groups is 2. The minimum absolute atomic E-state index is 0.0139. The monoisotopic (exact) mass is 318 g/mol. The third kappa shape index (κ3) is 3.24. The summed E-state index contributed by atoms with van der Waals surface area (Å²) < 4.78 is 6.44. The van der Waals surface area contributed by atoms with Crippen molar-refractivity contribution in [1.29, 1.82) is 0 Å². The van der Waals surface area contributed by atoms with Crippen molar-refractivity contribution in [2.24, 2.45) is 0 Å². The SMILES string of the molecule is Cc1cc(NC(=O)c2cc(C)on2)n(C2NC(=O)CC(C)N2)n1. The fourth-order valence-electron chi connectivity index (χ4n) is 2.45. The summed E-state index contributed by atoms with van der Waals surface area (Å²) in [6.45, 7) is 5.43. The summed E-state index contributed by atoms with van der Waals surface area (Å²) in [5, 5.41) is 16.8. The molecule has 122 valence electrons. The molecule has 23 heavy (non-hydrogen) atoms. The maximum atomic E-state index is 12.2. The summed E-state index contributed by atoms with van der Waals surface area (Å²) in [5.74, 6) is 0.534. The van der Waals surface area contributed by atoms with Crippen molar-refractivity contribution in [3.8, 4) is 0 Å². The highest BCUT2D eigenvalue weighted by molar-refractivity contribution is 6.02. The van der Waals surface area contributed by atoms with Crippen LogP contribution >= 0.6 is 0 Å². The van der Waals surface area contributed by atoms with E-state index in [1.807, 2.05) is 6.92 Å². The highest BCUT2D eigenvalue weighted by Crippen LogP contribution is 2.18. The van der Waals surface area contributed by atoms with E-state index in [1.165, 1.54) is 4.68 Å². The van der Waals surface area contributed by atoms with E-state index < -0.39 is 12.2 Å². The number of nitrogens with one attached hydrogen (secondary N) is 3. The Labute approximate surface area is 132 Å². The first-order valence-electron chi connectivity index (χ1n) is 7.28. The van der Waals surface area contributed by atoms with E-state index in [1.54, 1.807) is 26.0 Å². The summed E-state index contributed by atoms with van der Waals surface area (Å²) in [7, 11) is 0. The molecule has 0 radical (unpaired) electrons. The van der Waals surface area contributed by atoms with Gasteiger partial charge in [-0.2, -0.15) is 5.10 Å². The zero-order valence-corrected chi connectivity index (χ0v) is 13.1.